The zero-order chi connectivity index (χ0) is 25.2. The van der Waals surface area contributed by atoms with Gasteiger partial charge in [-0.2, -0.15) is 0 Å². The number of ether oxygens (including phenoxy) is 3. The van der Waals surface area contributed by atoms with Crippen molar-refractivity contribution in [3.05, 3.63) is 88.9 Å². The van der Waals surface area contributed by atoms with E-state index in [1.54, 1.807) is 31.3 Å². The van der Waals surface area contributed by atoms with Gasteiger partial charge in [-0.25, -0.2) is 0 Å². The molecule has 3 aromatic carbocycles. The maximum Gasteiger partial charge on any atom is 0.261 e. The minimum Gasteiger partial charge on any atom is -0.496 e. The summed E-state index contributed by atoms with van der Waals surface area (Å²) in [6.45, 7) is -0.142. The van der Waals surface area contributed by atoms with Crippen LogP contribution in [0, 0.1) is 0 Å². The summed E-state index contributed by atoms with van der Waals surface area (Å²) in [7, 11) is 4.62. The fourth-order valence-electron chi connectivity index (χ4n) is 3.62. The summed E-state index contributed by atoms with van der Waals surface area (Å²) < 4.78 is 16.3. The Labute approximate surface area is 210 Å². The molecule has 0 aliphatic rings. The molecule has 3 rings (SSSR count). The molecule has 3 aromatic rings. The Morgan fingerprint density at radius 1 is 0.914 bits per heavy atom. The van der Waals surface area contributed by atoms with E-state index in [9.17, 15) is 9.59 Å². The molecule has 0 aromatic heterocycles. The highest BCUT2D eigenvalue weighted by Crippen LogP contribution is 2.28. The van der Waals surface area contributed by atoms with Gasteiger partial charge in [0.05, 0.1) is 14.2 Å². The summed E-state index contributed by atoms with van der Waals surface area (Å²) in [5.74, 6) is 0.833. The van der Waals surface area contributed by atoms with Crippen molar-refractivity contribution in [3.8, 4) is 17.2 Å². The van der Waals surface area contributed by atoms with Crippen LogP contribution in [0.1, 0.15) is 11.1 Å². The van der Waals surface area contributed by atoms with E-state index in [0.29, 0.717) is 28.7 Å². The molecule has 0 saturated carbocycles. The number of benzene rings is 3. The summed E-state index contributed by atoms with van der Waals surface area (Å²) >= 11 is 6.39. The number of carbonyl (C=O) groups is 2. The molecule has 0 saturated heterocycles. The van der Waals surface area contributed by atoms with Crippen molar-refractivity contribution in [2.75, 3.05) is 27.9 Å². The van der Waals surface area contributed by atoms with Gasteiger partial charge < -0.3 is 24.4 Å². The molecule has 8 heteroatoms. The van der Waals surface area contributed by atoms with Crippen molar-refractivity contribution in [3.63, 3.8) is 0 Å². The summed E-state index contributed by atoms with van der Waals surface area (Å²) in [6, 6.07) is 21.1. The van der Waals surface area contributed by atoms with Gasteiger partial charge in [0.2, 0.25) is 5.91 Å². The van der Waals surface area contributed by atoms with Crippen LogP contribution in [-0.2, 0) is 22.6 Å². The minimum absolute atomic E-state index is 0.147. The van der Waals surface area contributed by atoms with Crippen molar-refractivity contribution in [1.82, 2.24) is 10.2 Å². The predicted molar refractivity (Wildman–Crippen MR) is 135 cm³/mol. The standard InChI is InChI=1S/C27H29ClN2O5/c1-29-27(32)25(13-19-9-5-4-6-10-19)30(17-20-11-7-8-12-24(20)28)26(31)18-35-23-15-21(33-2)14-22(16-23)34-3/h4-12,14-16,25H,13,17-18H2,1-3H3,(H,29,32)/t25-/m0/s1. The van der Waals surface area contributed by atoms with Crippen LogP contribution in [0.5, 0.6) is 17.2 Å². The monoisotopic (exact) mass is 496 g/mol. The van der Waals surface area contributed by atoms with Crippen molar-refractivity contribution >= 4 is 23.4 Å². The number of halogens is 1. The molecule has 0 aliphatic heterocycles. The van der Waals surface area contributed by atoms with Gasteiger partial charge in [-0.05, 0) is 17.2 Å². The lowest BCUT2D eigenvalue weighted by molar-refractivity contribution is -0.142. The zero-order valence-corrected chi connectivity index (χ0v) is 20.7. The number of amides is 2. The van der Waals surface area contributed by atoms with E-state index < -0.39 is 6.04 Å². The highest BCUT2D eigenvalue weighted by molar-refractivity contribution is 6.31. The van der Waals surface area contributed by atoms with E-state index in [4.69, 9.17) is 25.8 Å². The summed E-state index contributed by atoms with van der Waals surface area (Å²) in [4.78, 5) is 28.0. The van der Waals surface area contributed by atoms with E-state index in [0.717, 1.165) is 11.1 Å². The second kappa shape index (κ2) is 12.7. The van der Waals surface area contributed by atoms with Gasteiger partial charge in [0.1, 0.15) is 23.3 Å². The Morgan fingerprint density at radius 2 is 1.51 bits per heavy atom. The van der Waals surface area contributed by atoms with E-state index in [1.807, 2.05) is 48.5 Å². The maximum atomic E-state index is 13.5. The molecule has 2 amide bonds. The van der Waals surface area contributed by atoms with Gasteiger partial charge in [0.15, 0.2) is 6.61 Å². The third-order valence-electron chi connectivity index (χ3n) is 5.50. The highest BCUT2D eigenvalue weighted by Gasteiger charge is 2.30. The number of carbonyl (C=O) groups excluding carboxylic acids is 2. The van der Waals surface area contributed by atoms with Gasteiger partial charge in [-0.1, -0.05) is 60.1 Å². The molecule has 7 nitrogen and oxygen atoms in total. The smallest absolute Gasteiger partial charge is 0.261 e. The number of likely N-dealkylation sites (N-methyl/N-ethyl adjacent to an activating group) is 1. The Balaban J connectivity index is 1.89. The molecular formula is C27H29ClN2O5. The number of methoxy groups -OCH3 is 2. The Bertz CT molecular complexity index is 1120. The van der Waals surface area contributed by atoms with Gasteiger partial charge in [-0.3, -0.25) is 9.59 Å². The first-order valence-corrected chi connectivity index (χ1v) is 11.5. The lowest BCUT2D eigenvalue weighted by Crippen LogP contribution is -2.51. The molecule has 0 spiro atoms. The highest BCUT2D eigenvalue weighted by atomic mass is 35.5. The van der Waals surface area contributed by atoms with Crippen LogP contribution in [0.3, 0.4) is 0 Å². The van der Waals surface area contributed by atoms with Crippen molar-refractivity contribution < 1.29 is 23.8 Å². The van der Waals surface area contributed by atoms with Crippen LogP contribution in [0.4, 0.5) is 0 Å². The number of rotatable bonds is 11. The third kappa shape index (κ3) is 7.13. The average molecular weight is 497 g/mol. The summed E-state index contributed by atoms with van der Waals surface area (Å²) in [5.41, 5.74) is 1.66. The Hall–Kier alpha value is -3.71. The molecule has 0 aliphatic carbocycles. The summed E-state index contributed by atoms with van der Waals surface area (Å²) in [5, 5.41) is 3.20. The molecule has 0 unspecified atom stereocenters. The van der Waals surface area contributed by atoms with E-state index in [1.165, 1.54) is 19.1 Å². The molecule has 0 fully saturated rings. The van der Waals surface area contributed by atoms with Crippen molar-refractivity contribution in [2.45, 2.75) is 19.0 Å². The predicted octanol–water partition coefficient (Wildman–Crippen LogP) is 4.12. The van der Waals surface area contributed by atoms with Crippen molar-refractivity contribution in [2.24, 2.45) is 0 Å². The molecule has 0 bridgehead atoms. The van der Waals surface area contributed by atoms with Gasteiger partial charge >= 0.3 is 0 Å². The van der Waals surface area contributed by atoms with Crippen LogP contribution in [0.2, 0.25) is 5.02 Å². The van der Waals surface area contributed by atoms with E-state index >= 15 is 0 Å². The minimum atomic E-state index is -0.769. The molecule has 35 heavy (non-hydrogen) atoms. The molecule has 0 radical (unpaired) electrons. The molecule has 1 atom stereocenters. The van der Waals surface area contributed by atoms with Crippen LogP contribution >= 0.6 is 11.6 Å². The number of hydrogen-bond acceptors (Lipinski definition) is 5. The molecule has 1 N–H and O–H groups in total. The van der Waals surface area contributed by atoms with Crippen LogP contribution in [0.15, 0.2) is 72.8 Å². The van der Waals surface area contributed by atoms with Gasteiger partial charge in [0.25, 0.3) is 5.91 Å². The largest absolute Gasteiger partial charge is 0.496 e. The molecule has 184 valence electrons. The van der Waals surface area contributed by atoms with Crippen molar-refractivity contribution in [1.29, 1.82) is 0 Å². The van der Waals surface area contributed by atoms with Gasteiger partial charge in [0, 0.05) is 43.2 Å². The average Bonchev–Trinajstić information content (AvgIpc) is 2.90. The second-order valence-electron chi connectivity index (χ2n) is 7.77. The first kappa shape index (κ1) is 25.9. The fourth-order valence-corrected chi connectivity index (χ4v) is 3.82. The summed E-state index contributed by atoms with van der Waals surface area (Å²) in [6.07, 6.45) is 0.337. The van der Waals surface area contributed by atoms with Crippen LogP contribution in [0.25, 0.3) is 0 Å². The SMILES string of the molecule is CNC(=O)[C@H](Cc1ccccc1)N(Cc1ccccc1Cl)C(=O)COc1cc(OC)cc(OC)c1. The Morgan fingerprint density at radius 3 is 2.11 bits per heavy atom. The second-order valence-corrected chi connectivity index (χ2v) is 8.18. The lowest BCUT2D eigenvalue weighted by Gasteiger charge is -2.31. The van der Waals surface area contributed by atoms with Gasteiger partial charge in [-0.15, -0.1) is 0 Å². The molecule has 0 heterocycles. The normalized spacial score (nSPS) is 11.3. The van der Waals surface area contributed by atoms with E-state index in [-0.39, 0.29) is 25.0 Å². The van der Waals surface area contributed by atoms with Crippen LogP contribution < -0.4 is 19.5 Å². The molecular weight excluding hydrogens is 468 g/mol. The number of hydrogen-bond donors (Lipinski definition) is 1. The quantitative estimate of drug-likeness (QED) is 0.432. The maximum absolute atomic E-state index is 13.5. The third-order valence-corrected chi connectivity index (χ3v) is 5.87. The van der Waals surface area contributed by atoms with E-state index in [2.05, 4.69) is 5.32 Å². The first-order chi connectivity index (χ1) is 16.9. The number of nitrogens with zero attached hydrogens (tertiary/aromatic N) is 1. The van der Waals surface area contributed by atoms with Crippen LogP contribution in [-0.4, -0.2) is 50.6 Å². The number of nitrogens with one attached hydrogen (secondary N) is 1. The lowest BCUT2D eigenvalue weighted by atomic mass is 10.0. The first-order valence-electron chi connectivity index (χ1n) is 11.1. The Kier molecular flexibility index (Phi) is 9.38. The fraction of sp³-hybridized carbons (Fsp3) is 0.259. The zero-order valence-electron chi connectivity index (χ0n) is 20.0. The topological polar surface area (TPSA) is 77.1 Å².